The topological polar surface area (TPSA) is 72.7 Å². The lowest BCUT2D eigenvalue weighted by Crippen LogP contribution is -2.29. The van der Waals surface area contributed by atoms with E-state index in [0.717, 1.165) is 30.3 Å². The summed E-state index contributed by atoms with van der Waals surface area (Å²) in [6, 6.07) is 0. The smallest absolute Gasteiger partial charge is 0.313 e. The van der Waals surface area contributed by atoms with Crippen LogP contribution in [0.15, 0.2) is 14.7 Å². The van der Waals surface area contributed by atoms with Crippen molar-refractivity contribution in [3.05, 3.63) is 20.8 Å². The number of thioether (sulfide) groups is 1. The van der Waals surface area contributed by atoms with E-state index in [1.54, 1.807) is 18.8 Å². The SMILES string of the molecule is Cn1c(=O)[nH]c(=O)c2c1nc1n2CCCCS1. The van der Waals surface area contributed by atoms with Gasteiger partial charge in [0.15, 0.2) is 16.3 Å². The molecule has 1 aliphatic rings. The highest BCUT2D eigenvalue weighted by atomic mass is 32.2. The lowest BCUT2D eigenvalue weighted by molar-refractivity contribution is 0.616. The van der Waals surface area contributed by atoms with Crippen LogP contribution in [0.5, 0.6) is 0 Å². The summed E-state index contributed by atoms with van der Waals surface area (Å²) in [4.78, 5) is 30.1. The molecular formula is C10H12N4O2S. The van der Waals surface area contributed by atoms with Crippen molar-refractivity contribution >= 4 is 22.9 Å². The molecule has 3 rings (SSSR count). The summed E-state index contributed by atoms with van der Waals surface area (Å²) in [5, 5.41) is 0.837. The summed E-state index contributed by atoms with van der Waals surface area (Å²) in [7, 11) is 1.62. The fourth-order valence-corrected chi connectivity index (χ4v) is 3.09. The van der Waals surface area contributed by atoms with Gasteiger partial charge in [-0.1, -0.05) is 11.8 Å². The maximum Gasteiger partial charge on any atom is 0.329 e. The Morgan fingerprint density at radius 1 is 1.35 bits per heavy atom. The van der Waals surface area contributed by atoms with E-state index < -0.39 is 5.69 Å². The third-order valence-electron chi connectivity index (χ3n) is 2.98. The van der Waals surface area contributed by atoms with E-state index in [-0.39, 0.29) is 5.56 Å². The Hall–Kier alpha value is -1.50. The van der Waals surface area contributed by atoms with Crippen molar-refractivity contribution in [1.29, 1.82) is 0 Å². The normalized spacial score (nSPS) is 15.8. The van der Waals surface area contributed by atoms with Gasteiger partial charge in [0, 0.05) is 19.3 Å². The number of nitrogens with zero attached hydrogens (tertiary/aromatic N) is 3. The predicted octanol–water partition coefficient (Wildman–Crippen LogP) is 0.309. The van der Waals surface area contributed by atoms with Crippen LogP contribution in [0.25, 0.3) is 11.2 Å². The first kappa shape index (κ1) is 10.6. The molecule has 2 aromatic heterocycles. The molecule has 0 saturated carbocycles. The number of H-pyrrole nitrogens is 1. The molecule has 3 heterocycles. The van der Waals surface area contributed by atoms with E-state index in [9.17, 15) is 9.59 Å². The molecule has 0 saturated heterocycles. The minimum absolute atomic E-state index is 0.343. The molecule has 0 amide bonds. The summed E-state index contributed by atoms with van der Waals surface area (Å²) in [5.41, 5.74) is 0.227. The quantitative estimate of drug-likeness (QED) is 0.732. The first-order valence-corrected chi connectivity index (χ1v) is 6.49. The Bertz CT molecular complexity index is 697. The van der Waals surface area contributed by atoms with Gasteiger partial charge in [-0.3, -0.25) is 14.3 Å². The Morgan fingerprint density at radius 2 is 2.18 bits per heavy atom. The minimum atomic E-state index is -0.416. The van der Waals surface area contributed by atoms with Crippen molar-refractivity contribution in [2.45, 2.75) is 24.5 Å². The molecule has 0 unspecified atom stereocenters. The molecule has 0 spiro atoms. The fraction of sp³-hybridized carbons (Fsp3) is 0.500. The number of imidazole rings is 1. The van der Waals surface area contributed by atoms with Gasteiger partial charge in [-0.25, -0.2) is 9.78 Å². The van der Waals surface area contributed by atoms with Crippen LogP contribution < -0.4 is 11.2 Å². The predicted molar refractivity (Wildman–Crippen MR) is 65.6 cm³/mol. The van der Waals surface area contributed by atoms with Gasteiger partial charge in [-0.2, -0.15) is 0 Å². The molecule has 0 aromatic carbocycles. The third kappa shape index (κ3) is 1.53. The molecule has 0 aliphatic carbocycles. The number of aromatic nitrogens is 4. The van der Waals surface area contributed by atoms with Crippen molar-refractivity contribution < 1.29 is 0 Å². The Kier molecular flexibility index (Phi) is 2.36. The second kappa shape index (κ2) is 3.76. The van der Waals surface area contributed by atoms with Crippen LogP contribution in [-0.4, -0.2) is 24.9 Å². The van der Waals surface area contributed by atoms with Crippen molar-refractivity contribution in [3.63, 3.8) is 0 Å². The number of fused-ring (bicyclic) bond motifs is 3. The monoisotopic (exact) mass is 252 g/mol. The van der Waals surface area contributed by atoms with Crippen LogP contribution in [0.2, 0.25) is 0 Å². The fourth-order valence-electron chi connectivity index (χ4n) is 2.07. The van der Waals surface area contributed by atoms with Gasteiger partial charge in [-0.05, 0) is 12.8 Å². The summed E-state index contributed by atoms with van der Waals surface area (Å²) >= 11 is 1.64. The largest absolute Gasteiger partial charge is 0.329 e. The highest BCUT2D eigenvalue weighted by Crippen LogP contribution is 2.25. The maximum absolute atomic E-state index is 11.9. The molecule has 1 aliphatic heterocycles. The zero-order valence-electron chi connectivity index (χ0n) is 9.39. The second-order valence-electron chi connectivity index (χ2n) is 4.09. The number of hydrogen-bond donors (Lipinski definition) is 1. The summed E-state index contributed by atoms with van der Waals surface area (Å²) in [6.45, 7) is 0.792. The molecule has 6 nitrogen and oxygen atoms in total. The van der Waals surface area contributed by atoms with E-state index in [2.05, 4.69) is 9.97 Å². The zero-order valence-corrected chi connectivity index (χ0v) is 10.2. The molecule has 0 fully saturated rings. The molecule has 2 aromatic rings. The highest BCUT2D eigenvalue weighted by Gasteiger charge is 2.18. The van der Waals surface area contributed by atoms with Gasteiger partial charge in [0.05, 0.1) is 0 Å². The summed E-state index contributed by atoms with van der Waals surface area (Å²) in [5.74, 6) is 1.01. The molecule has 0 radical (unpaired) electrons. The van der Waals surface area contributed by atoms with E-state index in [1.165, 1.54) is 4.57 Å². The van der Waals surface area contributed by atoms with Gasteiger partial charge in [-0.15, -0.1) is 0 Å². The number of aromatic amines is 1. The van der Waals surface area contributed by atoms with Gasteiger partial charge >= 0.3 is 5.69 Å². The average Bonchev–Trinajstić information content (AvgIpc) is 2.51. The van der Waals surface area contributed by atoms with E-state index >= 15 is 0 Å². The number of hydrogen-bond acceptors (Lipinski definition) is 4. The summed E-state index contributed by atoms with van der Waals surface area (Å²) in [6.07, 6.45) is 2.16. The second-order valence-corrected chi connectivity index (χ2v) is 5.15. The lowest BCUT2D eigenvalue weighted by Gasteiger charge is -2.02. The van der Waals surface area contributed by atoms with Crippen LogP contribution in [0.3, 0.4) is 0 Å². The Labute approximate surface area is 101 Å². The molecule has 1 N–H and O–H groups in total. The minimum Gasteiger partial charge on any atom is -0.313 e. The van der Waals surface area contributed by atoms with E-state index in [1.807, 2.05) is 4.57 Å². The van der Waals surface area contributed by atoms with Crippen molar-refractivity contribution in [1.82, 2.24) is 19.1 Å². The molecule has 0 atom stereocenters. The van der Waals surface area contributed by atoms with Gasteiger partial charge in [0.1, 0.15) is 0 Å². The first-order valence-electron chi connectivity index (χ1n) is 5.51. The number of aryl methyl sites for hydroxylation is 2. The van der Waals surface area contributed by atoms with Gasteiger partial charge < -0.3 is 4.57 Å². The van der Waals surface area contributed by atoms with Crippen LogP contribution in [0, 0.1) is 0 Å². The van der Waals surface area contributed by atoms with Crippen molar-refractivity contribution in [2.75, 3.05) is 5.75 Å². The van der Waals surface area contributed by atoms with Gasteiger partial charge in [0.25, 0.3) is 5.56 Å². The Balaban J connectivity index is 2.43. The Morgan fingerprint density at radius 3 is 3.00 bits per heavy atom. The average molecular weight is 252 g/mol. The van der Waals surface area contributed by atoms with Crippen molar-refractivity contribution in [2.24, 2.45) is 7.05 Å². The van der Waals surface area contributed by atoms with E-state index in [0.29, 0.717) is 11.2 Å². The molecule has 90 valence electrons. The summed E-state index contributed by atoms with van der Waals surface area (Å²) < 4.78 is 3.31. The molecule has 0 bridgehead atoms. The van der Waals surface area contributed by atoms with E-state index in [4.69, 9.17) is 0 Å². The third-order valence-corrected chi connectivity index (χ3v) is 4.04. The first-order chi connectivity index (χ1) is 8.18. The number of nitrogens with one attached hydrogen (secondary N) is 1. The zero-order chi connectivity index (χ0) is 12.0. The standard InChI is InChI=1S/C10H12N4O2S/c1-13-7-6(8(15)12-9(13)16)14-4-2-3-5-17-10(14)11-7/h2-5H2,1H3,(H,12,15,16). The van der Waals surface area contributed by atoms with Crippen LogP contribution in [-0.2, 0) is 13.6 Å². The maximum atomic E-state index is 11.9. The van der Waals surface area contributed by atoms with Crippen LogP contribution in [0.4, 0.5) is 0 Å². The van der Waals surface area contributed by atoms with Crippen LogP contribution >= 0.6 is 11.8 Å². The van der Waals surface area contributed by atoms with Gasteiger partial charge in [0.2, 0.25) is 0 Å². The highest BCUT2D eigenvalue weighted by molar-refractivity contribution is 7.99. The van der Waals surface area contributed by atoms with Crippen molar-refractivity contribution in [3.8, 4) is 0 Å². The molecule has 7 heteroatoms. The lowest BCUT2D eigenvalue weighted by atomic mass is 10.3. The molecule has 17 heavy (non-hydrogen) atoms. The molecular weight excluding hydrogens is 240 g/mol. The number of rotatable bonds is 0. The van der Waals surface area contributed by atoms with Crippen LogP contribution in [0.1, 0.15) is 12.8 Å².